The number of piperidine rings is 1. The van der Waals surface area contributed by atoms with Crippen molar-refractivity contribution in [2.75, 3.05) is 23.3 Å². The van der Waals surface area contributed by atoms with E-state index in [-0.39, 0.29) is 17.6 Å². The lowest BCUT2D eigenvalue weighted by Gasteiger charge is -2.59. The Morgan fingerprint density at radius 3 is 2.11 bits per heavy atom. The maximum Gasteiger partial charge on any atom is 0.416 e. The van der Waals surface area contributed by atoms with Gasteiger partial charge in [0.15, 0.2) is 0 Å². The number of urea groups is 1. The number of amides is 3. The quantitative estimate of drug-likeness (QED) is 0.393. The topological polar surface area (TPSA) is 52.7 Å². The first-order chi connectivity index (χ1) is 17.2. The number of likely N-dealkylation sites (tertiary alicyclic amines) is 1. The number of hydrogen-bond donors (Lipinski definition) is 1. The molecule has 36 heavy (non-hydrogen) atoms. The van der Waals surface area contributed by atoms with Gasteiger partial charge in [0.1, 0.15) is 0 Å². The van der Waals surface area contributed by atoms with Crippen molar-refractivity contribution in [2.45, 2.75) is 25.1 Å². The van der Waals surface area contributed by atoms with Crippen LogP contribution in [0.2, 0.25) is 5.02 Å². The van der Waals surface area contributed by atoms with E-state index in [1.165, 1.54) is 12.1 Å². The van der Waals surface area contributed by atoms with Gasteiger partial charge >= 0.3 is 12.2 Å². The highest BCUT2D eigenvalue weighted by Gasteiger charge is 2.62. The third kappa shape index (κ3) is 4.30. The fourth-order valence-corrected chi connectivity index (χ4v) is 5.29. The first-order valence-electron chi connectivity index (χ1n) is 11.6. The van der Waals surface area contributed by atoms with Crippen LogP contribution in [0.15, 0.2) is 78.9 Å². The van der Waals surface area contributed by atoms with Gasteiger partial charge in [0.05, 0.1) is 17.0 Å². The van der Waals surface area contributed by atoms with Gasteiger partial charge in [-0.25, -0.2) is 4.79 Å². The van der Waals surface area contributed by atoms with Crippen LogP contribution >= 0.6 is 11.6 Å². The molecule has 2 heterocycles. The average Bonchev–Trinajstić information content (AvgIpc) is 2.88. The molecule has 1 unspecified atom stereocenters. The largest absolute Gasteiger partial charge is 0.416 e. The van der Waals surface area contributed by atoms with Crippen molar-refractivity contribution in [3.8, 4) is 0 Å². The summed E-state index contributed by atoms with van der Waals surface area (Å²) < 4.78 is 38.4. The van der Waals surface area contributed by atoms with Crippen LogP contribution in [-0.4, -0.2) is 29.9 Å². The Bertz CT molecular complexity index is 1260. The molecule has 1 N–H and O–H groups in total. The number of hydrogen-bond acceptors (Lipinski definition) is 2. The highest BCUT2D eigenvalue weighted by atomic mass is 35.5. The van der Waals surface area contributed by atoms with E-state index < -0.39 is 23.2 Å². The molecular weight excluding hydrogens is 491 g/mol. The summed E-state index contributed by atoms with van der Waals surface area (Å²) in [4.78, 5) is 29.8. The average molecular weight is 514 g/mol. The number of carbonyl (C=O) groups is 2. The third-order valence-electron chi connectivity index (χ3n) is 7.05. The Kier molecular flexibility index (Phi) is 6.16. The number of nitrogens with zero attached hydrogens (tertiary/aromatic N) is 2. The van der Waals surface area contributed by atoms with Gasteiger partial charge in [0.25, 0.3) is 0 Å². The molecule has 2 aliphatic rings. The number of nitrogens with one attached hydrogen (secondary N) is 1. The molecule has 5 nitrogen and oxygen atoms in total. The molecule has 0 aromatic heterocycles. The van der Waals surface area contributed by atoms with E-state index in [1.807, 2.05) is 54.6 Å². The monoisotopic (exact) mass is 513 g/mol. The number of carbonyl (C=O) groups excluding carboxylic acids is 2. The standard InChI is InChI=1S/C27H23ClF3N3O2/c28-20-10-6-18(7-11-20)23-26(24(35)34(23)22-4-2-1-3-5-22)14-16-33(17-15-26)25(36)32-21-12-8-19(9-13-21)27(29,30)31/h1-13,23H,14-17H2,(H,32,36). The SMILES string of the molecule is O=C(Nc1ccc(C(F)(F)F)cc1)N1CCC2(CC1)C(=O)N(c1ccccc1)C2c1ccc(Cl)cc1. The van der Waals surface area contributed by atoms with Gasteiger partial charge in [0.2, 0.25) is 5.91 Å². The molecule has 3 aromatic rings. The molecule has 2 aliphatic heterocycles. The number of halogens is 4. The smallest absolute Gasteiger partial charge is 0.324 e. The van der Waals surface area contributed by atoms with Crippen LogP contribution in [-0.2, 0) is 11.0 Å². The van der Waals surface area contributed by atoms with E-state index in [0.29, 0.717) is 31.0 Å². The highest BCUT2D eigenvalue weighted by Crippen LogP contribution is 2.57. The second kappa shape index (κ2) is 9.17. The molecule has 9 heteroatoms. The van der Waals surface area contributed by atoms with E-state index in [2.05, 4.69) is 5.32 Å². The Labute approximate surface area is 211 Å². The molecule has 0 aliphatic carbocycles. The lowest BCUT2D eigenvalue weighted by molar-refractivity contribution is -0.144. The van der Waals surface area contributed by atoms with Gasteiger partial charge in [-0.15, -0.1) is 0 Å². The second-order valence-electron chi connectivity index (χ2n) is 9.11. The normalized spacial score (nSPS) is 19.2. The molecule has 186 valence electrons. The van der Waals surface area contributed by atoms with Gasteiger partial charge in [-0.3, -0.25) is 4.79 Å². The van der Waals surface area contributed by atoms with Crippen LogP contribution < -0.4 is 10.2 Å². The van der Waals surface area contributed by atoms with Gasteiger partial charge in [-0.05, 0) is 66.9 Å². The minimum absolute atomic E-state index is 0.0245. The molecule has 3 amide bonds. The van der Waals surface area contributed by atoms with Crippen molar-refractivity contribution < 1.29 is 22.8 Å². The molecule has 0 radical (unpaired) electrons. The summed E-state index contributed by atoms with van der Waals surface area (Å²) in [5.41, 5.74) is 0.651. The number of anilines is 2. The van der Waals surface area contributed by atoms with Crippen LogP contribution in [0.5, 0.6) is 0 Å². The maximum absolute atomic E-state index is 13.6. The van der Waals surface area contributed by atoms with Gasteiger partial charge < -0.3 is 15.1 Å². The van der Waals surface area contributed by atoms with Crippen molar-refractivity contribution >= 4 is 34.9 Å². The number of para-hydroxylation sites is 1. The predicted molar refractivity (Wildman–Crippen MR) is 132 cm³/mol. The molecular formula is C27H23ClF3N3O2. The third-order valence-corrected chi connectivity index (χ3v) is 7.30. The van der Waals surface area contributed by atoms with Crippen LogP contribution in [0.25, 0.3) is 0 Å². The van der Waals surface area contributed by atoms with Gasteiger partial charge in [-0.2, -0.15) is 13.2 Å². The molecule has 5 rings (SSSR count). The molecule has 1 spiro atoms. The summed E-state index contributed by atoms with van der Waals surface area (Å²) in [5.74, 6) is 0.0245. The van der Waals surface area contributed by atoms with Crippen LogP contribution in [0.3, 0.4) is 0 Å². The van der Waals surface area contributed by atoms with Crippen molar-refractivity contribution in [3.63, 3.8) is 0 Å². The van der Waals surface area contributed by atoms with Crippen LogP contribution in [0, 0.1) is 5.41 Å². The van der Waals surface area contributed by atoms with Gasteiger partial charge in [-0.1, -0.05) is 41.9 Å². The number of β-lactam (4-membered cyclic amide) rings is 1. The Morgan fingerprint density at radius 2 is 1.53 bits per heavy atom. The summed E-state index contributed by atoms with van der Waals surface area (Å²) in [5, 5.41) is 3.27. The van der Waals surface area contributed by atoms with Crippen molar-refractivity contribution in [1.82, 2.24) is 4.90 Å². The second-order valence-corrected chi connectivity index (χ2v) is 9.55. The lowest BCUT2D eigenvalue weighted by Crippen LogP contribution is -2.67. The zero-order chi connectivity index (χ0) is 25.5. The van der Waals surface area contributed by atoms with Crippen molar-refractivity contribution in [2.24, 2.45) is 5.41 Å². The zero-order valence-electron chi connectivity index (χ0n) is 19.1. The first kappa shape index (κ1) is 24.2. The molecule has 1 atom stereocenters. The number of benzene rings is 3. The Hall–Kier alpha value is -3.52. The predicted octanol–water partition coefficient (Wildman–Crippen LogP) is 6.76. The highest BCUT2D eigenvalue weighted by molar-refractivity contribution is 6.30. The van der Waals surface area contributed by atoms with Crippen LogP contribution in [0.1, 0.15) is 30.0 Å². The lowest BCUT2D eigenvalue weighted by atomic mass is 9.62. The van der Waals surface area contributed by atoms with E-state index in [0.717, 1.165) is 23.4 Å². The van der Waals surface area contributed by atoms with E-state index in [9.17, 15) is 22.8 Å². The molecule has 2 saturated heterocycles. The molecule has 3 aromatic carbocycles. The Morgan fingerprint density at radius 1 is 0.917 bits per heavy atom. The Balaban J connectivity index is 1.31. The fraction of sp³-hybridized carbons (Fsp3) is 0.259. The van der Waals surface area contributed by atoms with E-state index in [4.69, 9.17) is 11.6 Å². The first-order valence-corrected chi connectivity index (χ1v) is 11.9. The zero-order valence-corrected chi connectivity index (χ0v) is 19.9. The summed E-state index contributed by atoms with van der Waals surface area (Å²) in [7, 11) is 0. The minimum atomic E-state index is -4.44. The fourth-order valence-electron chi connectivity index (χ4n) is 5.16. The van der Waals surface area contributed by atoms with Gasteiger partial charge in [0, 0.05) is 29.5 Å². The summed E-state index contributed by atoms with van der Waals surface area (Å²) in [6.07, 6.45) is -3.49. The maximum atomic E-state index is 13.6. The number of alkyl halides is 3. The minimum Gasteiger partial charge on any atom is -0.324 e. The summed E-state index contributed by atoms with van der Waals surface area (Å²) in [6.45, 7) is 0.704. The van der Waals surface area contributed by atoms with Crippen LogP contribution in [0.4, 0.5) is 29.3 Å². The van der Waals surface area contributed by atoms with E-state index in [1.54, 1.807) is 9.80 Å². The molecule has 2 fully saturated rings. The number of rotatable bonds is 3. The molecule has 0 saturated carbocycles. The summed E-state index contributed by atoms with van der Waals surface area (Å²) in [6, 6.07) is 20.7. The van der Waals surface area contributed by atoms with Crippen molar-refractivity contribution in [3.05, 3.63) is 95.0 Å². The van der Waals surface area contributed by atoms with E-state index >= 15 is 0 Å². The summed E-state index contributed by atoms with van der Waals surface area (Å²) >= 11 is 6.10. The molecule has 0 bridgehead atoms. The van der Waals surface area contributed by atoms with Crippen molar-refractivity contribution in [1.29, 1.82) is 0 Å².